The molecule has 4 aromatic rings. The summed E-state index contributed by atoms with van der Waals surface area (Å²) in [6.45, 7) is 4.25. The van der Waals surface area contributed by atoms with Crippen molar-refractivity contribution in [1.29, 1.82) is 0 Å². The molecule has 1 aliphatic carbocycles. The Kier molecular flexibility index (Phi) is 6.18. The van der Waals surface area contributed by atoms with Gasteiger partial charge < -0.3 is 9.26 Å². The number of aromatic nitrogens is 6. The first-order chi connectivity index (χ1) is 17.8. The maximum Gasteiger partial charge on any atom is 0.280 e. The molecule has 6 rings (SSSR count). The molecule has 1 fully saturated rings. The molecule has 2 aliphatic rings. The Labute approximate surface area is 206 Å². The van der Waals surface area contributed by atoms with Crippen LogP contribution in [0.15, 0.2) is 77.1 Å². The number of hydrogen-bond acceptors (Lipinski definition) is 8. The summed E-state index contributed by atoms with van der Waals surface area (Å²) in [5, 5.41) is 12.8. The zero-order valence-corrected chi connectivity index (χ0v) is 19.5. The number of morpholine rings is 1. The normalized spacial score (nSPS) is 18.4. The second kappa shape index (κ2) is 9.92. The van der Waals surface area contributed by atoms with E-state index >= 15 is 0 Å². The van der Waals surface area contributed by atoms with Gasteiger partial charge in [-0.05, 0) is 36.3 Å². The van der Waals surface area contributed by atoms with Crippen LogP contribution in [-0.4, -0.2) is 67.9 Å². The lowest BCUT2D eigenvalue weighted by molar-refractivity contribution is 0.0425. The van der Waals surface area contributed by atoms with Gasteiger partial charge >= 0.3 is 0 Å². The summed E-state index contributed by atoms with van der Waals surface area (Å²) < 4.78 is 27.2. The van der Waals surface area contributed by atoms with E-state index in [0.717, 1.165) is 44.8 Å². The molecular formula is C26H24FN7O2. The summed E-state index contributed by atoms with van der Waals surface area (Å²) in [5.41, 5.74) is 3.18. The van der Waals surface area contributed by atoms with Gasteiger partial charge in [-0.15, -0.1) is 5.10 Å². The monoisotopic (exact) mass is 485 g/mol. The highest BCUT2D eigenvalue weighted by atomic mass is 19.1. The topological polar surface area (TPSA) is 95.0 Å². The van der Waals surface area contributed by atoms with Gasteiger partial charge in [0.25, 0.3) is 5.89 Å². The second-order valence-electron chi connectivity index (χ2n) is 8.72. The molecule has 0 radical (unpaired) electrons. The Morgan fingerprint density at radius 2 is 1.89 bits per heavy atom. The number of halogens is 1. The first-order valence-corrected chi connectivity index (χ1v) is 11.9. The van der Waals surface area contributed by atoms with Crippen LogP contribution in [0.1, 0.15) is 18.2 Å². The van der Waals surface area contributed by atoms with Crippen LogP contribution in [0, 0.1) is 5.82 Å². The lowest BCUT2D eigenvalue weighted by Gasteiger charge is -2.28. The van der Waals surface area contributed by atoms with Crippen molar-refractivity contribution in [3.05, 3.63) is 84.2 Å². The summed E-state index contributed by atoms with van der Waals surface area (Å²) in [6.07, 6.45) is 10.6. The largest absolute Gasteiger partial charge is 0.379 e. The molecular weight excluding hydrogens is 461 g/mol. The van der Waals surface area contributed by atoms with Gasteiger partial charge in [0.15, 0.2) is 11.5 Å². The maximum absolute atomic E-state index is 14.7. The average molecular weight is 486 g/mol. The molecule has 4 heterocycles. The molecule has 9 nitrogen and oxygen atoms in total. The third-order valence-corrected chi connectivity index (χ3v) is 6.33. The van der Waals surface area contributed by atoms with Gasteiger partial charge in [0, 0.05) is 43.5 Å². The Bertz CT molecular complexity index is 1410. The minimum atomic E-state index is -0.414. The van der Waals surface area contributed by atoms with Crippen molar-refractivity contribution in [2.45, 2.75) is 12.3 Å². The van der Waals surface area contributed by atoms with Crippen molar-refractivity contribution in [2.24, 2.45) is 0 Å². The first kappa shape index (κ1) is 22.4. The van der Waals surface area contributed by atoms with Crippen molar-refractivity contribution in [2.75, 3.05) is 32.8 Å². The molecule has 36 heavy (non-hydrogen) atoms. The van der Waals surface area contributed by atoms with E-state index in [-0.39, 0.29) is 17.5 Å². The molecule has 1 aliphatic heterocycles. The van der Waals surface area contributed by atoms with Gasteiger partial charge in [0.1, 0.15) is 17.2 Å². The van der Waals surface area contributed by atoms with Crippen LogP contribution in [0.25, 0.3) is 28.5 Å². The standard InChI is InChI=1S/C26H24FN7O2/c27-21-6-1-2-7-22(21)34-24(19-8-10-28-11-9-19)23(30-32-34)26-29-25(31-36-26)20-5-3-4-18(16-20)17-33-12-14-35-15-13-33/h1-4,6-11,16,20H,5,12-15,17H2. The van der Waals surface area contributed by atoms with Crippen LogP contribution < -0.4 is 0 Å². The highest BCUT2D eigenvalue weighted by molar-refractivity contribution is 5.75. The van der Waals surface area contributed by atoms with Gasteiger partial charge in [-0.3, -0.25) is 9.88 Å². The second-order valence-corrected chi connectivity index (χ2v) is 8.72. The summed E-state index contributed by atoms with van der Waals surface area (Å²) in [4.78, 5) is 11.2. The average Bonchev–Trinajstić information content (AvgIpc) is 3.58. The molecule has 1 atom stereocenters. The summed E-state index contributed by atoms with van der Waals surface area (Å²) >= 11 is 0. The van der Waals surface area contributed by atoms with Crippen molar-refractivity contribution in [3.63, 3.8) is 0 Å². The predicted molar refractivity (Wildman–Crippen MR) is 130 cm³/mol. The maximum atomic E-state index is 14.7. The number of benzene rings is 1. The number of allylic oxidation sites excluding steroid dienone is 2. The summed E-state index contributed by atoms with van der Waals surface area (Å²) in [7, 11) is 0. The molecule has 1 aromatic carbocycles. The van der Waals surface area contributed by atoms with E-state index in [9.17, 15) is 4.39 Å². The van der Waals surface area contributed by atoms with Crippen molar-refractivity contribution in [1.82, 2.24) is 35.0 Å². The fraction of sp³-hybridized carbons (Fsp3) is 0.269. The van der Waals surface area contributed by atoms with E-state index in [0.29, 0.717) is 17.2 Å². The van der Waals surface area contributed by atoms with Crippen LogP contribution in [0.3, 0.4) is 0 Å². The lowest BCUT2D eigenvalue weighted by Crippen LogP contribution is -2.37. The third kappa shape index (κ3) is 4.48. The minimum Gasteiger partial charge on any atom is -0.379 e. The molecule has 3 aromatic heterocycles. The molecule has 0 amide bonds. The van der Waals surface area contributed by atoms with Crippen LogP contribution in [0.2, 0.25) is 0 Å². The fourth-order valence-electron chi connectivity index (χ4n) is 4.52. The lowest BCUT2D eigenvalue weighted by atomic mass is 9.95. The molecule has 0 spiro atoms. The van der Waals surface area contributed by atoms with Crippen molar-refractivity contribution < 1.29 is 13.7 Å². The number of para-hydroxylation sites is 1. The van der Waals surface area contributed by atoms with Gasteiger partial charge in [0.2, 0.25) is 0 Å². The SMILES string of the molecule is Fc1ccccc1-n1nnc(-c2nc(C3C=C(CN4CCOCC4)C=CC3)no2)c1-c1ccncc1. The summed E-state index contributed by atoms with van der Waals surface area (Å²) in [6, 6.07) is 10.0. The minimum absolute atomic E-state index is 0.00507. The smallest absolute Gasteiger partial charge is 0.280 e. The number of nitrogens with zero attached hydrogens (tertiary/aromatic N) is 7. The van der Waals surface area contributed by atoms with E-state index in [4.69, 9.17) is 9.26 Å². The highest BCUT2D eigenvalue weighted by Crippen LogP contribution is 2.33. The van der Waals surface area contributed by atoms with E-state index in [1.807, 2.05) is 12.1 Å². The molecule has 0 N–H and O–H groups in total. The Balaban J connectivity index is 1.33. The fourth-order valence-corrected chi connectivity index (χ4v) is 4.52. The summed E-state index contributed by atoms with van der Waals surface area (Å²) in [5.74, 6) is 0.393. The quantitative estimate of drug-likeness (QED) is 0.407. The molecule has 1 unspecified atom stereocenters. The van der Waals surface area contributed by atoms with E-state index in [1.54, 1.807) is 30.6 Å². The van der Waals surface area contributed by atoms with Crippen LogP contribution in [-0.2, 0) is 4.74 Å². The van der Waals surface area contributed by atoms with Gasteiger partial charge in [0.05, 0.1) is 13.2 Å². The van der Waals surface area contributed by atoms with E-state index < -0.39 is 5.82 Å². The Morgan fingerprint density at radius 1 is 1.06 bits per heavy atom. The highest BCUT2D eigenvalue weighted by Gasteiger charge is 2.26. The van der Waals surface area contributed by atoms with Crippen LogP contribution in [0.4, 0.5) is 4.39 Å². The molecule has 10 heteroatoms. The molecule has 1 saturated heterocycles. The first-order valence-electron chi connectivity index (χ1n) is 11.9. The van der Waals surface area contributed by atoms with Crippen molar-refractivity contribution >= 4 is 0 Å². The van der Waals surface area contributed by atoms with E-state index in [2.05, 4.69) is 48.6 Å². The van der Waals surface area contributed by atoms with Crippen molar-refractivity contribution in [3.8, 4) is 28.5 Å². The molecule has 182 valence electrons. The van der Waals surface area contributed by atoms with Crippen LogP contribution in [0.5, 0.6) is 0 Å². The number of hydrogen-bond donors (Lipinski definition) is 0. The predicted octanol–water partition coefficient (Wildman–Crippen LogP) is 3.82. The molecule has 0 bridgehead atoms. The molecule has 0 saturated carbocycles. The van der Waals surface area contributed by atoms with Gasteiger partial charge in [-0.2, -0.15) is 4.98 Å². The number of ether oxygens (including phenoxy) is 1. The zero-order chi connectivity index (χ0) is 24.3. The van der Waals surface area contributed by atoms with Gasteiger partial charge in [-0.25, -0.2) is 9.07 Å². The number of rotatable bonds is 6. The zero-order valence-electron chi connectivity index (χ0n) is 19.5. The van der Waals surface area contributed by atoms with E-state index in [1.165, 1.54) is 16.3 Å². The van der Waals surface area contributed by atoms with Crippen LogP contribution >= 0.6 is 0 Å². The van der Waals surface area contributed by atoms with Gasteiger partial charge in [-0.1, -0.05) is 40.7 Å². The Hall–Kier alpha value is -4.02. The third-order valence-electron chi connectivity index (χ3n) is 6.33. The number of pyridine rings is 1. The Morgan fingerprint density at radius 3 is 2.72 bits per heavy atom.